The summed E-state index contributed by atoms with van der Waals surface area (Å²) in [6.45, 7) is 2.20. The van der Waals surface area contributed by atoms with Gasteiger partial charge in [-0.25, -0.2) is 4.79 Å². The van der Waals surface area contributed by atoms with E-state index < -0.39 is 148 Å². The molecule has 92 heavy (non-hydrogen) atoms. The number of allylic oxidation sites excluding steroid dienone is 2. The molecule has 3 aliphatic heterocycles. The van der Waals surface area contributed by atoms with Crippen LogP contribution in [0.5, 0.6) is 0 Å². The fraction of sp³-hybridized carbons (Fsp3) is 0.928. The van der Waals surface area contributed by atoms with Crippen LogP contribution in [0, 0.1) is 0 Å². The van der Waals surface area contributed by atoms with E-state index in [1.807, 2.05) is 0 Å². The van der Waals surface area contributed by atoms with E-state index in [0.29, 0.717) is 19.3 Å². The lowest BCUT2D eigenvalue weighted by Gasteiger charge is -2.50. The average molecular weight is 1320 g/mol. The number of aliphatic hydroxyl groups excluding tert-OH is 11. The zero-order chi connectivity index (χ0) is 67.5. The molecule has 0 aromatic rings. The number of rotatable bonds is 55. The number of hydrogen-bond acceptors (Lipinski definition) is 20. The van der Waals surface area contributed by atoms with E-state index >= 15 is 0 Å². The van der Waals surface area contributed by atoms with Gasteiger partial charge in [-0.3, -0.25) is 9.59 Å². The molecule has 3 aliphatic rings. The van der Waals surface area contributed by atoms with E-state index in [-0.39, 0.29) is 18.9 Å². The SMILES string of the molecule is CCCCCCCC/C=C\CCCCCC(=O)NC(COC1OC(CO)C(OC2OC(CO)C(O)C(OC3(C(=O)O)CC(O)C(NC(C)=O)C(C(O)C(O)CO)O3)C2O)C(O)C1O)C(O)CCCCCCCCCCCCCCCCCCCCCCCCCCC. The molecular formula is C69H128N2O21. The molecular weight excluding hydrogens is 1190 g/mol. The van der Waals surface area contributed by atoms with Crippen molar-refractivity contribution in [2.75, 3.05) is 26.4 Å². The van der Waals surface area contributed by atoms with Gasteiger partial charge in [-0.1, -0.05) is 225 Å². The lowest BCUT2D eigenvalue weighted by Crippen LogP contribution is -2.70. The van der Waals surface area contributed by atoms with Gasteiger partial charge in [-0.15, -0.1) is 0 Å². The fourth-order valence-electron chi connectivity index (χ4n) is 12.7. The van der Waals surface area contributed by atoms with Gasteiger partial charge >= 0.3 is 5.97 Å². The largest absolute Gasteiger partial charge is 0.477 e. The van der Waals surface area contributed by atoms with Crippen molar-refractivity contribution in [1.82, 2.24) is 10.6 Å². The maximum atomic E-state index is 13.4. The second-order valence-electron chi connectivity index (χ2n) is 26.5. The second-order valence-corrected chi connectivity index (χ2v) is 26.5. The zero-order valence-corrected chi connectivity index (χ0v) is 56.4. The Labute approximate surface area is 550 Å². The Morgan fingerprint density at radius 1 is 0.554 bits per heavy atom. The first-order valence-electron chi connectivity index (χ1n) is 36.0. The number of nitrogens with one attached hydrogen (secondary N) is 2. The Bertz CT molecular complexity index is 1910. The van der Waals surface area contributed by atoms with Crippen LogP contribution in [-0.4, -0.2) is 215 Å². The highest BCUT2D eigenvalue weighted by molar-refractivity contribution is 5.77. The number of aliphatic hydroxyl groups is 11. The lowest BCUT2D eigenvalue weighted by molar-refractivity contribution is -0.386. The molecule has 0 saturated carbocycles. The quantitative estimate of drug-likeness (QED) is 0.0214. The topological polar surface area (TPSA) is 373 Å². The molecule has 23 nitrogen and oxygen atoms in total. The summed E-state index contributed by atoms with van der Waals surface area (Å²) in [6, 6.07) is -2.54. The summed E-state index contributed by atoms with van der Waals surface area (Å²) in [7, 11) is 0. The van der Waals surface area contributed by atoms with Crippen LogP contribution >= 0.6 is 0 Å². The number of hydrogen-bond donors (Lipinski definition) is 14. The summed E-state index contributed by atoms with van der Waals surface area (Å²) >= 11 is 0. The van der Waals surface area contributed by atoms with Crippen molar-refractivity contribution in [3.8, 4) is 0 Å². The van der Waals surface area contributed by atoms with Crippen molar-refractivity contribution in [1.29, 1.82) is 0 Å². The molecule has 0 spiro atoms. The van der Waals surface area contributed by atoms with Crippen LogP contribution in [-0.2, 0) is 42.8 Å². The van der Waals surface area contributed by atoms with Crippen LogP contribution in [0.1, 0.15) is 271 Å². The lowest BCUT2D eigenvalue weighted by atomic mass is 9.88. The Hall–Kier alpha value is -2.53. The highest BCUT2D eigenvalue weighted by atomic mass is 16.8. The van der Waals surface area contributed by atoms with E-state index in [0.717, 1.165) is 58.3 Å². The molecule has 23 heteroatoms. The Kier molecular flexibility index (Phi) is 45.4. The van der Waals surface area contributed by atoms with E-state index in [1.165, 1.54) is 167 Å². The van der Waals surface area contributed by atoms with Crippen molar-refractivity contribution < 1.29 is 104 Å². The van der Waals surface area contributed by atoms with Gasteiger partial charge in [0.05, 0.1) is 50.7 Å². The van der Waals surface area contributed by atoms with Gasteiger partial charge in [0, 0.05) is 19.8 Å². The van der Waals surface area contributed by atoms with Gasteiger partial charge in [0.15, 0.2) is 12.6 Å². The van der Waals surface area contributed by atoms with Gasteiger partial charge in [0.2, 0.25) is 11.8 Å². The minimum Gasteiger partial charge on any atom is -0.477 e. The van der Waals surface area contributed by atoms with Crippen molar-refractivity contribution in [3.63, 3.8) is 0 Å². The molecule has 3 rings (SSSR count). The third-order valence-corrected chi connectivity index (χ3v) is 18.5. The van der Waals surface area contributed by atoms with Gasteiger partial charge in [0.1, 0.15) is 67.1 Å². The molecule has 18 unspecified atom stereocenters. The molecule has 0 aliphatic carbocycles. The van der Waals surface area contributed by atoms with E-state index in [2.05, 4.69) is 36.6 Å². The summed E-state index contributed by atoms with van der Waals surface area (Å²) < 4.78 is 34.9. The van der Waals surface area contributed by atoms with Gasteiger partial charge in [0.25, 0.3) is 5.79 Å². The monoisotopic (exact) mass is 1320 g/mol. The van der Waals surface area contributed by atoms with Crippen LogP contribution in [0.4, 0.5) is 0 Å². The Morgan fingerprint density at radius 3 is 1.47 bits per heavy atom. The minimum absolute atomic E-state index is 0.204. The zero-order valence-electron chi connectivity index (χ0n) is 56.4. The highest BCUT2D eigenvalue weighted by Crippen LogP contribution is 2.39. The van der Waals surface area contributed by atoms with Crippen LogP contribution < -0.4 is 10.6 Å². The van der Waals surface area contributed by atoms with Crippen molar-refractivity contribution >= 4 is 17.8 Å². The van der Waals surface area contributed by atoms with Gasteiger partial charge < -0.3 is 100 Å². The highest BCUT2D eigenvalue weighted by Gasteiger charge is 2.60. The van der Waals surface area contributed by atoms with E-state index in [1.54, 1.807) is 0 Å². The van der Waals surface area contributed by atoms with Crippen LogP contribution in [0.3, 0.4) is 0 Å². The molecule has 540 valence electrons. The molecule has 14 N–H and O–H groups in total. The third kappa shape index (κ3) is 31.8. The first-order valence-corrected chi connectivity index (χ1v) is 36.0. The maximum Gasteiger partial charge on any atom is 0.364 e. The minimum atomic E-state index is -3.08. The number of amides is 2. The Balaban J connectivity index is 1.55. The van der Waals surface area contributed by atoms with Crippen molar-refractivity contribution in [2.24, 2.45) is 0 Å². The van der Waals surface area contributed by atoms with Crippen LogP contribution in [0.15, 0.2) is 12.2 Å². The Morgan fingerprint density at radius 2 is 1.01 bits per heavy atom. The number of unbranched alkanes of at least 4 members (excludes halogenated alkanes) is 33. The predicted octanol–water partition coefficient (Wildman–Crippen LogP) is 7.07. The number of carboxylic acid groups (broad SMARTS) is 1. The van der Waals surface area contributed by atoms with Gasteiger partial charge in [-0.2, -0.15) is 0 Å². The number of carbonyl (C=O) groups is 3. The summed E-state index contributed by atoms with van der Waals surface area (Å²) in [6.07, 6.45) is 19.4. The van der Waals surface area contributed by atoms with Crippen molar-refractivity contribution in [2.45, 2.75) is 381 Å². The van der Waals surface area contributed by atoms with Crippen LogP contribution in [0.25, 0.3) is 0 Å². The summed E-state index contributed by atoms with van der Waals surface area (Å²) in [5.74, 6) is -6.12. The number of ether oxygens (including phenoxy) is 6. The number of aliphatic carboxylic acids is 1. The molecule has 3 fully saturated rings. The second kappa shape index (κ2) is 49.9. The molecule has 0 bridgehead atoms. The van der Waals surface area contributed by atoms with Crippen LogP contribution in [0.2, 0.25) is 0 Å². The smallest absolute Gasteiger partial charge is 0.364 e. The molecule has 2 amide bonds. The molecule has 0 aromatic heterocycles. The van der Waals surface area contributed by atoms with E-state index in [4.69, 9.17) is 28.4 Å². The number of carboxylic acids is 1. The summed E-state index contributed by atoms with van der Waals surface area (Å²) in [5.41, 5.74) is 0. The molecule has 3 heterocycles. The van der Waals surface area contributed by atoms with E-state index in [9.17, 15) is 75.7 Å². The normalized spacial score (nSPS) is 28.3. The first kappa shape index (κ1) is 83.7. The average Bonchev–Trinajstić information content (AvgIpc) is 0.767. The molecule has 0 radical (unpaired) electrons. The fourth-order valence-corrected chi connectivity index (χ4v) is 12.7. The first-order chi connectivity index (χ1) is 44.4. The molecule has 18 atom stereocenters. The molecule has 3 saturated heterocycles. The standard InChI is InChI=1S/C69H128N2O21/c1-4-6-8-10-12-14-16-18-19-20-21-22-23-24-25-26-27-28-29-31-32-34-36-38-40-42-51(76)50(71-56(79)43-41-39-37-35-33-30-17-15-13-11-9-7-5-2)48-87-66-61(83)60(82)63(55(47-74)89-66)90-67-62(84)65(59(81)54(46-73)88-67)92-69(68(85)86)44-52(77)57(70-49(3)75)64(91-69)58(80)53(78)45-72/h30,33,50-55,57-67,72-74,76-78,80-84H,4-29,31-32,34-48H2,1-3H3,(H,70,75)(H,71,79)(H,85,86)/b33-30-. The molecule has 0 aromatic carbocycles. The maximum absolute atomic E-state index is 13.4. The summed E-state index contributed by atoms with van der Waals surface area (Å²) in [4.78, 5) is 38.5. The number of carbonyl (C=O) groups excluding carboxylic acids is 2. The van der Waals surface area contributed by atoms with Crippen molar-refractivity contribution in [3.05, 3.63) is 12.2 Å². The predicted molar refractivity (Wildman–Crippen MR) is 348 cm³/mol. The third-order valence-electron chi connectivity index (χ3n) is 18.5. The summed E-state index contributed by atoms with van der Waals surface area (Å²) in [5, 5.41) is 136. The van der Waals surface area contributed by atoms with Gasteiger partial charge in [-0.05, 0) is 38.5 Å².